The van der Waals surface area contributed by atoms with E-state index in [4.69, 9.17) is 0 Å². The van der Waals surface area contributed by atoms with Gasteiger partial charge in [0.15, 0.2) is 0 Å². The molecule has 6 heteroatoms. The van der Waals surface area contributed by atoms with Gasteiger partial charge in [-0.05, 0) is 140 Å². The molecule has 1 aliphatic carbocycles. The number of allylic oxidation sites excluding steroid dienone is 3. The van der Waals surface area contributed by atoms with E-state index in [1.54, 1.807) is 0 Å². The van der Waals surface area contributed by atoms with Gasteiger partial charge >= 0.3 is 0 Å². The van der Waals surface area contributed by atoms with Gasteiger partial charge in [-0.25, -0.2) is 0 Å². The van der Waals surface area contributed by atoms with Crippen molar-refractivity contribution in [3.8, 4) is 0 Å². The Balaban J connectivity index is 1.68. The fraction of sp³-hybridized carbons (Fsp3) is 0. The first-order valence-electron chi connectivity index (χ1n) is 13.6. The van der Waals surface area contributed by atoms with Crippen LogP contribution in [0.15, 0.2) is 164 Å². The van der Waals surface area contributed by atoms with E-state index in [0.29, 0.717) is 0 Å². The van der Waals surface area contributed by atoms with Gasteiger partial charge in [-0.15, -0.1) is 0 Å². The Morgan fingerprint density at radius 1 is 0.238 bits per heavy atom. The quantitative estimate of drug-likeness (QED) is 0.229. The summed E-state index contributed by atoms with van der Waals surface area (Å²) in [6.45, 7) is 0. The molecule has 42 heavy (non-hydrogen) atoms. The van der Waals surface area contributed by atoms with Crippen LogP contribution in [-0.4, -0.2) is 29.9 Å². The van der Waals surface area contributed by atoms with Gasteiger partial charge in [-0.2, -0.15) is 0 Å². The highest BCUT2D eigenvalue weighted by molar-refractivity contribution is 6.12. The van der Waals surface area contributed by atoms with Crippen molar-refractivity contribution in [3.63, 3.8) is 0 Å². The van der Waals surface area contributed by atoms with E-state index in [2.05, 4.69) is 103 Å². The molecule has 0 amide bonds. The third-order valence-electron chi connectivity index (χ3n) is 7.25. The lowest BCUT2D eigenvalue weighted by Gasteiger charge is -2.09. The van der Waals surface area contributed by atoms with Crippen LogP contribution < -0.4 is 0 Å². The molecule has 6 nitrogen and oxygen atoms in total. The number of aromatic nitrogens is 6. The van der Waals surface area contributed by atoms with Gasteiger partial charge in [-0.3, -0.25) is 29.9 Å². The van der Waals surface area contributed by atoms with E-state index in [1.165, 1.54) is 16.7 Å². The highest BCUT2D eigenvalue weighted by Gasteiger charge is 2.41. The summed E-state index contributed by atoms with van der Waals surface area (Å²) >= 11 is 0. The molecule has 0 N–H and O–H groups in total. The number of hydrogen-bond acceptors (Lipinski definition) is 6. The maximum atomic E-state index is 4.31. The van der Waals surface area contributed by atoms with E-state index < -0.39 is 0 Å². The summed E-state index contributed by atoms with van der Waals surface area (Å²) in [6, 6.07) is 24.8. The Hall–Kier alpha value is -5.88. The molecule has 0 radical (unpaired) electrons. The van der Waals surface area contributed by atoms with Crippen molar-refractivity contribution in [1.29, 1.82) is 0 Å². The monoisotopic (exact) mass is 540 g/mol. The van der Waals surface area contributed by atoms with Gasteiger partial charge in [0.2, 0.25) is 0 Å². The Kier molecular flexibility index (Phi) is 6.76. The number of rotatable bonds is 6. The van der Waals surface area contributed by atoms with E-state index in [1.807, 2.05) is 74.4 Å². The number of hydrogen-bond donors (Lipinski definition) is 0. The zero-order chi connectivity index (χ0) is 28.1. The Morgan fingerprint density at radius 3 is 0.524 bits per heavy atom. The van der Waals surface area contributed by atoms with Gasteiger partial charge in [0.1, 0.15) is 0 Å². The molecule has 0 bridgehead atoms. The van der Waals surface area contributed by atoms with Gasteiger partial charge in [0.25, 0.3) is 0 Å². The molecule has 0 aliphatic heterocycles. The third-order valence-corrected chi connectivity index (χ3v) is 7.25. The van der Waals surface area contributed by atoms with Gasteiger partial charge in [-0.1, -0.05) is 0 Å². The summed E-state index contributed by atoms with van der Waals surface area (Å²) in [5, 5.41) is 0. The highest BCUT2D eigenvalue weighted by Crippen LogP contribution is 2.59. The second kappa shape index (κ2) is 11.3. The summed E-state index contributed by atoms with van der Waals surface area (Å²) in [5.74, 6) is 0. The van der Waals surface area contributed by atoms with Crippen LogP contribution in [0.4, 0.5) is 0 Å². The lowest BCUT2D eigenvalue weighted by Crippen LogP contribution is -1.91. The third kappa shape index (κ3) is 4.82. The Bertz CT molecular complexity index is 1550. The molecule has 6 aromatic rings. The minimum atomic E-state index is 1.08. The predicted octanol–water partition coefficient (Wildman–Crippen LogP) is 6.88. The van der Waals surface area contributed by atoms with Crippen LogP contribution in [0.25, 0.3) is 16.7 Å². The Labute approximate surface area is 243 Å². The molecule has 1 saturated carbocycles. The smallest absolute Gasteiger partial charge is 0.0273 e. The van der Waals surface area contributed by atoms with Crippen LogP contribution in [-0.2, 0) is 0 Å². The number of nitrogens with zero attached hydrogens (tertiary/aromatic N) is 6. The van der Waals surface area contributed by atoms with Crippen LogP contribution in [0.1, 0.15) is 33.4 Å². The second-order valence-corrected chi connectivity index (χ2v) is 9.67. The minimum absolute atomic E-state index is 1.08. The van der Waals surface area contributed by atoms with Crippen molar-refractivity contribution in [2.75, 3.05) is 0 Å². The molecular weight excluding hydrogens is 516 g/mol. The average molecular weight is 541 g/mol. The fourth-order valence-electron chi connectivity index (χ4n) is 5.42. The van der Waals surface area contributed by atoms with Crippen molar-refractivity contribution in [1.82, 2.24) is 29.9 Å². The summed E-state index contributed by atoms with van der Waals surface area (Å²) in [7, 11) is 0. The van der Waals surface area contributed by atoms with Crippen molar-refractivity contribution >= 4 is 16.7 Å². The Morgan fingerprint density at radius 2 is 0.381 bits per heavy atom. The molecule has 7 rings (SSSR count). The molecule has 198 valence electrons. The molecule has 0 aromatic carbocycles. The van der Waals surface area contributed by atoms with Crippen molar-refractivity contribution in [2.24, 2.45) is 0 Å². The molecule has 0 atom stereocenters. The predicted molar refractivity (Wildman–Crippen MR) is 163 cm³/mol. The van der Waals surface area contributed by atoms with Crippen LogP contribution >= 0.6 is 0 Å². The van der Waals surface area contributed by atoms with Crippen molar-refractivity contribution < 1.29 is 0 Å². The summed E-state index contributed by atoms with van der Waals surface area (Å²) in [4.78, 5) is 25.9. The zero-order valence-corrected chi connectivity index (χ0v) is 22.5. The SMILES string of the molecule is c1cc(C(=C2C(=C(c3ccncc3)c3ccncc3)C2=C(c2ccncc2)c2ccncc2)c2ccncc2)ccn1. The zero-order valence-electron chi connectivity index (χ0n) is 22.5. The van der Waals surface area contributed by atoms with Crippen LogP contribution in [0.2, 0.25) is 0 Å². The minimum Gasteiger partial charge on any atom is -0.265 e. The first kappa shape index (κ1) is 25.1. The fourth-order valence-corrected chi connectivity index (χ4v) is 5.42. The molecule has 0 spiro atoms. The lowest BCUT2D eigenvalue weighted by atomic mass is 9.95. The van der Waals surface area contributed by atoms with Crippen molar-refractivity contribution in [3.05, 3.63) is 197 Å². The average Bonchev–Trinajstić information content (AvgIpc) is 3.77. The van der Waals surface area contributed by atoms with Gasteiger partial charge < -0.3 is 0 Å². The van der Waals surface area contributed by atoms with Gasteiger partial charge in [0, 0.05) is 74.4 Å². The molecule has 6 aromatic heterocycles. The normalized spacial score (nSPS) is 12.1. The summed E-state index contributed by atoms with van der Waals surface area (Å²) in [6.07, 6.45) is 22.1. The van der Waals surface area contributed by atoms with Gasteiger partial charge in [0.05, 0.1) is 0 Å². The van der Waals surface area contributed by atoms with Crippen LogP contribution in [0.3, 0.4) is 0 Å². The first-order chi connectivity index (χ1) is 20.9. The maximum Gasteiger partial charge on any atom is 0.0273 e. The van der Waals surface area contributed by atoms with E-state index in [-0.39, 0.29) is 0 Å². The van der Waals surface area contributed by atoms with E-state index in [0.717, 1.165) is 50.1 Å². The second-order valence-electron chi connectivity index (χ2n) is 9.67. The molecule has 1 fully saturated rings. The molecule has 1 aliphatic rings. The molecule has 6 heterocycles. The standard InChI is InChI=1S/C36H24N6/c1-13-37-14-2-25(1)31(26-3-15-38-16-4-26)34-35(32(27-5-17-39-18-6-27)28-7-19-40-20-8-28)36(34)33(29-9-21-41-22-10-29)30-11-23-42-24-12-30/h1-24H. The summed E-state index contributed by atoms with van der Waals surface area (Å²) < 4.78 is 0. The molecular formula is C36H24N6. The van der Waals surface area contributed by atoms with Crippen LogP contribution in [0.5, 0.6) is 0 Å². The number of pyridine rings is 6. The topological polar surface area (TPSA) is 77.3 Å². The summed E-state index contributed by atoms with van der Waals surface area (Å²) in [5.41, 5.74) is 13.3. The lowest BCUT2D eigenvalue weighted by molar-refractivity contribution is 1.29. The largest absolute Gasteiger partial charge is 0.265 e. The molecule has 0 saturated heterocycles. The first-order valence-corrected chi connectivity index (χ1v) is 13.6. The van der Waals surface area contributed by atoms with Crippen molar-refractivity contribution in [2.45, 2.75) is 0 Å². The van der Waals surface area contributed by atoms with Crippen LogP contribution in [0, 0.1) is 0 Å². The van der Waals surface area contributed by atoms with E-state index in [9.17, 15) is 0 Å². The highest BCUT2D eigenvalue weighted by atomic mass is 14.6. The van der Waals surface area contributed by atoms with E-state index >= 15 is 0 Å². The molecule has 0 unspecified atom stereocenters. The maximum absolute atomic E-state index is 4.31.